The van der Waals surface area contributed by atoms with Gasteiger partial charge < -0.3 is 19.3 Å². The Labute approximate surface area is 169 Å². The fraction of sp³-hybridized carbons (Fsp3) is 0.696. The van der Waals surface area contributed by atoms with E-state index < -0.39 is 5.41 Å². The SMILES string of the molecule is CO[C@H]1CC[C@@]2(OC)CCN(C(=O)C3(c4ccccc4)CCN(C)CC3)[C@H]2C1. The molecule has 0 aromatic heterocycles. The van der Waals surface area contributed by atoms with Gasteiger partial charge in [0.05, 0.1) is 23.2 Å². The lowest BCUT2D eigenvalue weighted by Crippen LogP contribution is -2.58. The number of fused-ring (bicyclic) bond motifs is 1. The molecule has 2 heterocycles. The molecule has 3 aliphatic rings. The maximum atomic E-state index is 14.1. The van der Waals surface area contributed by atoms with Gasteiger partial charge in [-0.25, -0.2) is 0 Å². The number of ether oxygens (including phenoxy) is 2. The van der Waals surface area contributed by atoms with Gasteiger partial charge in [-0.2, -0.15) is 0 Å². The second-order valence-electron chi connectivity index (χ2n) is 8.92. The largest absolute Gasteiger partial charge is 0.381 e. The van der Waals surface area contributed by atoms with Gasteiger partial charge in [0.1, 0.15) is 0 Å². The molecule has 0 unspecified atom stereocenters. The van der Waals surface area contributed by atoms with E-state index in [9.17, 15) is 4.79 Å². The number of rotatable bonds is 4. The Morgan fingerprint density at radius 2 is 1.75 bits per heavy atom. The standard InChI is InChI=1S/C23H34N2O3/c1-24-14-11-22(12-15-24,18-7-5-4-6-8-18)21(26)25-16-13-23(28-3)10-9-19(27-2)17-20(23)25/h4-8,19-20H,9-17H2,1-3H3/t19-,20-,23+/m0/s1. The molecule has 1 aromatic rings. The second-order valence-corrected chi connectivity index (χ2v) is 8.92. The van der Waals surface area contributed by atoms with Gasteiger partial charge >= 0.3 is 0 Å². The number of amides is 1. The average molecular weight is 387 g/mol. The second kappa shape index (κ2) is 7.77. The lowest BCUT2D eigenvalue weighted by atomic mass is 9.71. The van der Waals surface area contributed by atoms with Crippen LogP contribution in [-0.4, -0.2) is 74.4 Å². The first-order valence-electron chi connectivity index (χ1n) is 10.7. The summed E-state index contributed by atoms with van der Waals surface area (Å²) in [6, 6.07) is 10.6. The van der Waals surface area contributed by atoms with Crippen molar-refractivity contribution in [2.75, 3.05) is 40.9 Å². The molecule has 0 spiro atoms. The smallest absolute Gasteiger partial charge is 0.233 e. The number of benzene rings is 1. The minimum atomic E-state index is -0.419. The quantitative estimate of drug-likeness (QED) is 0.798. The summed E-state index contributed by atoms with van der Waals surface area (Å²) >= 11 is 0. The molecular formula is C23H34N2O3. The highest BCUT2D eigenvalue weighted by Gasteiger charge is 2.56. The van der Waals surface area contributed by atoms with Crippen molar-refractivity contribution in [1.29, 1.82) is 0 Å². The summed E-state index contributed by atoms with van der Waals surface area (Å²) in [5, 5.41) is 0. The van der Waals surface area contributed by atoms with E-state index in [1.165, 1.54) is 5.56 Å². The van der Waals surface area contributed by atoms with Crippen molar-refractivity contribution in [3.8, 4) is 0 Å². The van der Waals surface area contributed by atoms with Crippen LogP contribution in [0.1, 0.15) is 44.1 Å². The zero-order valence-electron chi connectivity index (χ0n) is 17.5. The van der Waals surface area contributed by atoms with Crippen molar-refractivity contribution < 1.29 is 14.3 Å². The molecule has 154 valence electrons. The fourth-order valence-electron chi connectivity index (χ4n) is 5.78. The predicted molar refractivity (Wildman–Crippen MR) is 109 cm³/mol. The van der Waals surface area contributed by atoms with Gasteiger partial charge in [0, 0.05) is 20.8 Å². The van der Waals surface area contributed by atoms with Crippen LogP contribution in [0.5, 0.6) is 0 Å². The molecule has 2 saturated heterocycles. The third kappa shape index (κ3) is 3.17. The number of hydrogen-bond donors (Lipinski definition) is 0. The maximum absolute atomic E-state index is 14.1. The zero-order chi connectivity index (χ0) is 19.8. The molecule has 1 aromatic carbocycles. The van der Waals surface area contributed by atoms with E-state index in [-0.39, 0.29) is 17.7 Å². The van der Waals surface area contributed by atoms with Crippen LogP contribution in [0.2, 0.25) is 0 Å². The summed E-state index contributed by atoms with van der Waals surface area (Å²) in [4.78, 5) is 18.6. The van der Waals surface area contributed by atoms with Crippen LogP contribution in [0.15, 0.2) is 30.3 Å². The van der Waals surface area contributed by atoms with Crippen molar-refractivity contribution in [1.82, 2.24) is 9.80 Å². The Hall–Kier alpha value is -1.43. The van der Waals surface area contributed by atoms with Crippen molar-refractivity contribution in [3.63, 3.8) is 0 Å². The maximum Gasteiger partial charge on any atom is 0.233 e. The van der Waals surface area contributed by atoms with Gasteiger partial charge in [0.25, 0.3) is 0 Å². The summed E-state index contributed by atoms with van der Waals surface area (Å²) < 4.78 is 11.7. The van der Waals surface area contributed by atoms with Crippen LogP contribution >= 0.6 is 0 Å². The van der Waals surface area contributed by atoms with Crippen LogP contribution in [0.4, 0.5) is 0 Å². The number of piperidine rings is 1. The molecule has 3 fully saturated rings. The Morgan fingerprint density at radius 1 is 1.04 bits per heavy atom. The van der Waals surface area contributed by atoms with Crippen LogP contribution in [0, 0.1) is 0 Å². The first-order chi connectivity index (χ1) is 13.5. The summed E-state index contributed by atoms with van der Waals surface area (Å²) in [5.74, 6) is 0.299. The van der Waals surface area contributed by atoms with E-state index in [4.69, 9.17) is 9.47 Å². The molecule has 3 atom stereocenters. The molecule has 1 aliphatic carbocycles. The van der Waals surface area contributed by atoms with Gasteiger partial charge in [-0.1, -0.05) is 30.3 Å². The van der Waals surface area contributed by atoms with Gasteiger partial charge in [-0.15, -0.1) is 0 Å². The molecule has 2 aliphatic heterocycles. The topological polar surface area (TPSA) is 42.0 Å². The van der Waals surface area contributed by atoms with Crippen LogP contribution in [0.25, 0.3) is 0 Å². The Kier molecular flexibility index (Phi) is 5.51. The summed E-state index contributed by atoms with van der Waals surface area (Å²) in [5.41, 5.74) is 0.549. The highest BCUT2D eigenvalue weighted by Crippen LogP contribution is 2.46. The van der Waals surface area contributed by atoms with E-state index in [0.717, 1.165) is 58.2 Å². The molecule has 0 radical (unpaired) electrons. The minimum Gasteiger partial charge on any atom is -0.381 e. The summed E-state index contributed by atoms with van der Waals surface area (Å²) in [7, 11) is 5.75. The van der Waals surface area contributed by atoms with Crippen molar-refractivity contribution in [2.45, 2.75) is 61.7 Å². The fourth-order valence-corrected chi connectivity index (χ4v) is 5.78. The summed E-state index contributed by atoms with van der Waals surface area (Å²) in [6.07, 6.45) is 5.76. The average Bonchev–Trinajstić information content (AvgIpc) is 3.13. The third-order valence-electron chi connectivity index (χ3n) is 7.71. The molecule has 0 N–H and O–H groups in total. The first-order valence-corrected chi connectivity index (χ1v) is 10.7. The van der Waals surface area contributed by atoms with Crippen molar-refractivity contribution >= 4 is 5.91 Å². The number of methoxy groups -OCH3 is 2. The number of hydrogen-bond acceptors (Lipinski definition) is 4. The molecule has 1 saturated carbocycles. The third-order valence-corrected chi connectivity index (χ3v) is 7.71. The van der Waals surface area contributed by atoms with Crippen molar-refractivity contribution in [2.24, 2.45) is 0 Å². The van der Waals surface area contributed by atoms with E-state index in [0.29, 0.717) is 5.91 Å². The van der Waals surface area contributed by atoms with E-state index >= 15 is 0 Å². The number of carbonyl (C=O) groups is 1. The van der Waals surface area contributed by atoms with Crippen LogP contribution < -0.4 is 0 Å². The lowest BCUT2D eigenvalue weighted by Gasteiger charge is -2.47. The Balaban J connectivity index is 1.67. The molecular weight excluding hydrogens is 352 g/mol. The molecule has 5 heteroatoms. The van der Waals surface area contributed by atoms with Gasteiger partial charge in [-0.05, 0) is 64.2 Å². The van der Waals surface area contributed by atoms with Gasteiger partial charge in [-0.3, -0.25) is 4.79 Å². The Bertz CT molecular complexity index is 686. The monoisotopic (exact) mass is 386 g/mol. The van der Waals surface area contributed by atoms with E-state index in [2.05, 4.69) is 41.1 Å². The molecule has 5 nitrogen and oxygen atoms in total. The lowest BCUT2D eigenvalue weighted by molar-refractivity contribution is -0.148. The van der Waals surface area contributed by atoms with Gasteiger partial charge in [0.2, 0.25) is 5.91 Å². The highest BCUT2D eigenvalue weighted by molar-refractivity contribution is 5.89. The number of nitrogens with zero attached hydrogens (tertiary/aromatic N) is 2. The predicted octanol–water partition coefficient (Wildman–Crippen LogP) is 2.84. The molecule has 28 heavy (non-hydrogen) atoms. The molecule has 1 amide bonds. The molecule has 4 rings (SSSR count). The minimum absolute atomic E-state index is 0.115. The normalized spacial score (nSPS) is 32.9. The number of likely N-dealkylation sites (tertiary alicyclic amines) is 2. The van der Waals surface area contributed by atoms with Crippen LogP contribution in [-0.2, 0) is 19.7 Å². The highest BCUT2D eigenvalue weighted by atomic mass is 16.5. The number of carbonyl (C=O) groups excluding carboxylic acids is 1. The van der Waals surface area contributed by atoms with Crippen LogP contribution in [0.3, 0.4) is 0 Å². The van der Waals surface area contributed by atoms with E-state index in [1.54, 1.807) is 7.11 Å². The Morgan fingerprint density at radius 3 is 2.39 bits per heavy atom. The van der Waals surface area contributed by atoms with E-state index in [1.807, 2.05) is 13.2 Å². The van der Waals surface area contributed by atoms with Gasteiger partial charge in [0.15, 0.2) is 0 Å². The summed E-state index contributed by atoms with van der Waals surface area (Å²) in [6.45, 7) is 2.70. The first kappa shape index (κ1) is 19.9. The molecule has 0 bridgehead atoms. The zero-order valence-corrected chi connectivity index (χ0v) is 17.5. The van der Waals surface area contributed by atoms with Crippen molar-refractivity contribution in [3.05, 3.63) is 35.9 Å².